The number of halogens is 4. The van der Waals surface area contributed by atoms with E-state index in [1.807, 2.05) is 42.5 Å². The summed E-state index contributed by atoms with van der Waals surface area (Å²) in [4.78, 5) is 15.1. The van der Waals surface area contributed by atoms with E-state index in [0.717, 1.165) is 34.1 Å². The highest BCUT2D eigenvalue weighted by atomic mass is 127. The smallest absolute Gasteiger partial charge is 0.374 e. The Morgan fingerprint density at radius 1 is 0.970 bits per heavy atom. The Hall–Kier alpha value is -2.81. The Morgan fingerprint density at radius 2 is 1.73 bits per heavy atom. The molecule has 0 fully saturated rings. The predicted molar refractivity (Wildman–Crippen MR) is 130 cm³/mol. The molecular formula is C26H20F3IN2O. The van der Waals surface area contributed by atoms with Gasteiger partial charge in [0.15, 0.2) is 0 Å². The molecule has 3 nitrogen and oxygen atoms in total. The Morgan fingerprint density at radius 3 is 2.45 bits per heavy atom. The summed E-state index contributed by atoms with van der Waals surface area (Å²) < 4.78 is 40.2. The maximum absolute atomic E-state index is 13.5. The van der Waals surface area contributed by atoms with Gasteiger partial charge in [-0.1, -0.05) is 36.4 Å². The van der Waals surface area contributed by atoms with Crippen molar-refractivity contribution in [2.45, 2.75) is 31.1 Å². The van der Waals surface area contributed by atoms with Crippen molar-refractivity contribution in [1.82, 2.24) is 5.32 Å². The van der Waals surface area contributed by atoms with Crippen LogP contribution >= 0.6 is 22.6 Å². The lowest BCUT2D eigenvalue weighted by Crippen LogP contribution is -2.33. The Kier molecular flexibility index (Phi) is 5.68. The molecule has 2 aliphatic rings. The normalized spacial score (nSPS) is 20.1. The first kappa shape index (κ1) is 22.0. The summed E-state index contributed by atoms with van der Waals surface area (Å²) in [6.07, 6.45) is -0.716. The Labute approximate surface area is 203 Å². The van der Waals surface area contributed by atoms with Crippen molar-refractivity contribution in [2.24, 2.45) is 0 Å². The molecule has 0 aromatic heterocycles. The van der Waals surface area contributed by atoms with Crippen LogP contribution in [0.3, 0.4) is 0 Å². The van der Waals surface area contributed by atoms with Crippen LogP contribution in [0.5, 0.6) is 0 Å². The first-order valence-electron chi connectivity index (χ1n) is 10.6. The Bertz CT molecular complexity index is 1240. The zero-order chi connectivity index (χ0) is 23.2. The highest BCUT2D eigenvalue weighted by molar-refractivity contribution is 14.1. The summed E-state index contributed by atoms with van der Waals surface area (Å²) in [5.74, 6) is -0.247. The van der Waals surface area contributed by atoms with Crippen LogP contribution in [0.1, 0.15) is 40.8 Å². The molecular weight excluding hydrogens is 540 g/mol. The minimum atomic E-state index is -4.43. The molecule has 2 atom stereocenters. The van der Waals surface area contributed by atoms with Gasteiger partial charge in [0, 0.05) is 9.26 Å². The minimum Gasteiger partial charge on any atom is -0.374 e. The fourth-order valence-corrected chi connectivity index (χ4v) is 5.16. The van der Waals surface area contributed by atoms with Crippen molar-refractivity contribution in [2.75, 3.05) is 4.90 Å². The van der Waals surface area contributed by atoms with Crippen LogP contribution in [0.2, 0.25) is 0 Å². The van der Waals surface area contributed by atoms with E-state index in [4.69, 9.17) is 0 Å². The second-order valence-corrected chi connectivity index (χ2v) is 9.48. The lowest BCUT2D eigenvalue weighted by Gasteiger charge is -2.26. The number of anilines is 1. The molecule has 7 heteroatoms. The lowest BCUT2D eigenvalue weighted by atomic mass is 10.1. The number of hydrogen-bond donors (Lipinski definition) is 1. The summed E-state index contributed by atoms with van der Waals surface area (Å²) in [5.41, 5.74) is 3.52. The fraction of sp³-hybridized carbons (Fsp3) is 0.192. The molecule has 3 aromatic rings. The lowest BCUT2D eigenvalue weighted by molar-refractivity contribution is -0.137. The zero-order valence-corrected chi connectivity index (χ0v) is 19.6. The summed E-state index contributed by atoms with van der Waals surface area (Å²) >= 11 is 2.21. The number of aryl methyl sites for hydroxylation is 1. The van der Waals surface area contributed by atoms with E-state index in [9.17, 15) is 18.0 Å². The zero-order valence-electron chi connectivity index (χ0n) is 17.4. The molecule has 0 saturated heterocycles. The van der Waals surface area contributed by atoms with Gasteiger partial charge in [-0.05, 0) is 94.6 Å². The van der Waals surface area contributed by atoms with Crippen LogP contribution in [0.15, 0.2) is 84.6 Å². The highest BCUT2D eigenvalue weighted by Crippen LogP contribution is 2.39. The molecule has 168 valence electrons. The van der Waals surface area contributed by atoms with Gasteiger partial charge in [0.25, 0.3) is 5.91 Å². The van der Waals surface area contributed by atoms with Gasteiger partial charge in [0.1, 0.15) is 0 Å². The minimum absolute atomic E-state index is 0.0283. The number of amides is 1. The number of nitrogens with one attached hydrogen (secondary N) is 1. The Balaban J connectivity index is 1.50. The maximum atomic E-state index is 13.5. The third-order valence-electron chi connectivity index (χ3n) is 6.18. The summed E-state index contributed by atoms with van der Waals surface area (Å²) in [6, 6.07) is 20.4. The molecule has 3 aromatic carbocycles. The number of fused-ring (bicyclic) bond motifs is 1. The van der Waals surface area contributed by atoms with Gasteiger partial charge in [-0.3, -0.25) is 9.69 Å². The van der Waals surface area contributed by atoms with Crippen LogP contribution in [0.4, 0.5) is 18.9 Å². The molecule has 0 unspecified atom stereocenters. The van der Waals surface area contributed by atoms with E-state index in [-0.39, 0.29) is 11.9 Å². The van der Waals surface area contributed by atoms with Gasteiger partial charge in [-0.25, -0.2) is 0 Å². The van der Waals surface area contributed by atoms with Gasteiger partial charge in [-0.2, -0.15) is 13.2 Å². The van der Waals surface area contributed by atoms with Gasteiger partial charge < -0.3 is 5.32 Å². The van der Waals surface area contributed by atoms with E-state index in [0.29, 0.717) is 11.4 Å². The molecule has 1 aliphatic heterocycles. The van der Waals surface area contributed by atoms with E-state index >= 15 is 0 Å². The predicted octanol–water partition coefficient (Wildman–Crippen LogP) is 6.56. The molecule has 1 aliphatic carbocycles. The van der Waals surface area contributed by atoms with E-state index in [1.54, 1.807) is 4.90 Å². The summed E-state index contributed by atoms with van der Waals surface area (Å²) in [6.45, 7) is 0. The van der Waals surface area contributed by atoms with Crippen LogP contribution in [0, 0.1) is 3.57 Å². The second kappa shape index (κ2) is 8.52. The monoisotopic (exact) mass is 560 g/mol. The number of hydrogen-bond acceptors (Lipinski definition) is 2. The molecule has 5 rings (SSSR count). The molecule has 1 N–H and O–H groups in total. The van der Waals surface area contributed by atoms with Crippen molar-refractivity contribution >= 4 is 34.2 Å². The first-order chi connectivity index (χ1) is 15.8. The van der Waals surface area contributed by atoms with Gasteiger partial charge in [0.05, 0.1) is 23.3 Å². The van der Waals surface area contributed by atoms with Crippen molar-refractivity contribution in [3.05, 3.63) is 110 Å². The van der Waals surface area contributed by atoms with Crippen molar-refractivity contribution < 1.29 is 18.0 Å². The average molecular weight is 560 g/mol. The van der Waals surface area contributed by atoms with Crippen LogP contribution in [-0.4, -0.2) is 5.91 Å². The largest absolute Gasteiger partial charge is 0.416 e. The topological polar surface area (TPSA) is 32.3 Å². The first-order valence-corrected chi connectivity index (χ1v) is 11.7. The van der Waals surface area contributed by atoms with E-state index < -0.39 is 17.8 Å². The molecule has 1 heterocycles. The third kappa shape index (κ3) is 4.26. The molecule has 0 saturated carbocycles. The number of benzene rings is 3. The second-order valence-electron chi connectivity index (χ2n) is 8.23. The number of carbonyl (C=O) groups is 1. The highest BCUT2D eigenvalue weighted by Gasteiger charge is 2.37. The quantitative estimate of drug-likeness (QED) is 0.367. The SMILES string of the molecule is O=C1C(N[C@@H]2CCc3ccccc32)=C[C@H](c2cccc(I)c2)N1c1ccc(C(F)(F)F)cc1. The van der Waals surface area contributed by atoms with E-state index in [2.05, 4.69) is 40.0 Å². The van der Waals surface area contributed by atoms with E-state index in [1.165, 1.54) is 23.3 Å². The van der Waals surface area contributed by atoms with Crippen molar-refractivity contribution in [3.63, 3.8) is 0 Å². The van der Waals surface area contributed by atoms with Crippen molar-refractivity contribution in [3.8, 4) is 0 Å². The molecule has 33 heavy (non-hydrogen) atoms. The van der Waals surface area contributed by atoms with Crippen LogP contribution in [-0.2, 0) is 17.4 Å². The summed E-state index contributed by atoms with van der Waals surface area (Å²) in [5, 5.41) is 3.42. The number of nitrogens with zero attached hydrogens (tertiary/aromatic N) is 1. The standard InChI is InChI=1S/C26H20F3IN2O/c27-26(28,29)18-9-11-20(12-10-18)32-24(17-5-3-6-19(30)14-17)15-23(25(32)33)31-22-13-8-16-4-1-2-7-21(16)22/h1-7,9-12,14-15,22,24,31H,8,13H2/t22-,24-/m1/s1. The van der Waals surface area contributed by atoms with Crippen LogP contribution < -0.4 is 10.2 Å². The van der Waals surface area contributed by atoms with Gasteiger partial charge >= 0.3 is 6.18 Å². The number of alkyl halides is 3. The van der Waals surface area contributed by atoms with Crippen molar-refractivity contribution in [1.29, 1.82) is 0 Å². The molecule has 0 spiro atoms. The average Bonchev–Trinajstić information content (AvgIpc) is 3.35. The third-order valence-corrected chi connectivity index (χ3v) is 6.85. The molecule has 0 bridgehead atoms. The fourth-order valence-electron chi connectivity index (χ4n) is 4.59. The van der Waals surface area contributed by atoms with Gasteiger partial charge in [0.2, 0.25) is 0 Å². The summed E-state index contributed by atoms with van der Waals surface area (Å²) in [7, 11) is 0. The number of rotatable bonds is 4. The maximum Gasteiger partial charge on any atom is 0.416 e. The van der Waals surface area contributed by atoms with Gasteiger partial charge in [-0.15, -0.1) is 0 Å². The molecule has 1 amide bonds. The molecule has 0 radical (unpaired) electrons. The number of carbonyl (C=O) groups excluding carboxylic acids is 1. The van der Waals surface area contributed by atoms with Crippen LogP contribution in [0.25, 0.3) is 0 Å².